The highest BCUT2D eigenvalue weighted by atomic mass is 32.1. The number of hydrogen-bond donors (Lipinski definition) is 0. The maximum Gasteiger partial charge on any atom is 0.119 e. The van der Waals surface area contributed by atoms with Crippen LogP contribution in [0, 0.1) is 6.92 Å². The van der Waals surface area contributed by atoms with E-state index in [2.05, 4.69) is 11.9 Å². The van der Waals surface area contributed by atoms with Gasteiger partial charge in [-0.2, -0.15) is 0 Å². The Kier molecular flexibility index (Phi) is 3.02. The molecule has 2 nitrogen and oxygen atoms in total. The van der Waals surface area contributed by atoms with Crippen molar-refractivity contribution in [1.82, 2.24) is 4.98 Å². The van der Waals surface area contributed by atoms with Crippen LogP contribution in [0.5, 0.6) is 0 Å². The molecular weight excluding hydrogens is 158 g/mol. The zero-order valence-electron chi connectivity index (χ0n) is 7.13. The number of aryl methyl sites for hydroxylation is 1. The third kappa shape index (κ3) is 2.99. The van der Waals surface area contributed by atoms with Crippen molar-refractivity contribution in [2.45, 2.75) is 33.5 Å². The smallest absolute Gasteiger partial charge is 0.119 e. The molecular formula is C8H13NOS. The lowest BCUT2D eigenvalue weighted by molar-refractivity contribution is 0.0656. The largest absolute Gasteiger partial charge is 0.372 e. The van der Waals surface area contributed by atoms with Gasteiger partial charge in [0.15, 0.2) is 0 Å². The molecule has 0 amide bonds. The summed E-state index contributed by atoms with van der Waals surface area (Å²) in [6, 6.07) is 0. The summed E-state index contributed by atoms with van der Waals surface area (Å²) in [5.41, 5.74) is 0. The van der Waals surface area contributed by atoms with Gasteiger partial charge in [-0.15, -0.1) is 11.3 Å². The summed E-state index contributed by atoms with van der Waals surface area (Å²) in [4.78, 5) is 5.42. The van der Waals surface area contributed by atoms with E-state index in [1.807, 2.05) is 20.0 Å². The van der Waals surface area contributed by atoms with Crippen molar-refractivity contribution in [1.29, 1.82) is 0 Å². The van der Waals surface area contributed by atoms with Crippen molar-refractivity contribution < 1.29 is 4.74 Å². The van der Waals surface area contributed by atoms with Crippen LogP contribution in [0.25, 0.3) is 0 Å². The minimum Gasteiger partial charge on any atom is -0.372 e. The van der Waals surface area contributed by atoms with Gasteiger partial charge in [0.05, 0.1) is 12.7 Å². The molecule has 11 heavy (non-hydrogen) atoms. The van der Waals surface area contributed by atoms with E-state index in [1.54, 1.807) is 11.3 Å². The molecule has 1 aromatic heterocycles. The monoisotopic (exact) mass is 171 g/mol. The fourth-order valence-corrected chi connectivity index (χ4v) is 1.42. The predicted molar refractivity (Wildman–Crippen MR) is 46.8 cm³/mol. The van der Waals surface area contributed by atoms with E-state index in [4.69, 9.17) is 4.74 Å². The standard InChI is InChI=1S/C8H13NOS/c1-6(2)10-5-8-9-4-7(3)11-8/h4,6H,5H2,1-3H3. The van der Waals surface area contributed by atoms with Gasteiger partial charge in [-0.05, 0) is 20.8 Å². The van der Waals surface area contributed by atoms with E-state index in [0.717, 1.165) is 5.01 Å². The van der Waals surface area contributed by atoms with Gasteiger partial charge in [-0.25, -0.2) is 4.98 Å². The lowest BCUT2D eigenvalue weighted by atomic mass is 10.5. The second kappa shape index (κ2) is 3.83. The average Bonchev–Trinajstić information content (AvgIpc) is 2.31. The fraction of sp³-hybridized carbons (Fsp3) is 0.625. The van der Waals surface area contributed by atoms with Crippen LogP contribution in [-0.4, -0.2) is 11.1 Å². The summed E-state index contributed by atoms with van der Waals surface area (Å²) in [5.74, 6) is 0. The van der Waals surface area contributed by atoms with Gasteiger partial charge in [0, 0.05) is 11.1 Å². The first-order valence-electron chi connectivity index (χ1n) is 3.71. The molecule has 1 aromatic rings. The zero-order valence-corrected chi connectivity index (χ0v) is 7.94. The summed E-state index contributed by atoms with van der Waals surface area (Å²) in [6.45, 7) is 6.76. The molecule has 0 spiro atoms. The van der Waals surface area contributed by atoms with E-state index in [9.17, 15) is 0 Å². The Morgan fingerprint density at radius 3 is 2.82 bits per heavy atom. The lowest BCUT2D eigenvalue weighted by Gasteiger charge is -2.03. The van der Waals surface area contributed by atoms with Crippen molar-refractivity contribution in [2.75, 3.05) is 0 Å². The highest BCUT2D eigenvalue weighted by molar-refractivity contribution is 7.11. The van der Waals surface area contributed by atoms with Crippen LogP contribution in [-0.2, 0) is 11.3 Å². The Morgan fingerprint density at radius 1 is 1.64 bits per heavy atom. The molecule has 0 radical (unpaired) electrons. The first kappa shape index (κ1) is 8.68. The molecule has 0 unspecified atom stereocenters. The fourth-order valence-electron chi connectivity index (χ4n) is 0.706. The van der Waals surface area contributed by atoms with Gasteiger partial charge in [0.2, 0.25) is 0 Å². The molecule has 0 bridgehead atoms. The van der Waals surface area contributed by atoms with Crippen LogP contribution < -0.4 is 0 Å². The second-order valence-corrected chi connectivity index (χ2v) is 4.04. The highest BCUT2D eigenvalue weighted by Gasteiger charge is 1.99. The first-order valence-corrected chi connectivity index (χ1v) is 4.53. The van der Waals surface area contributed by atoms with Gasteiger partial charge >= 0.3 is 0 Å². The zero-order chi connectivity index (χ0) is 8.27. The normalized spacial score (nSPS) is 10.9. The number of thiazole rings is 1. The molecule has 62 valence electrons. The quantitative estimate of drug-likeness (QED) is 0.696. The first-order chi connectivity index (χ1) is 5.18. The molecule has 0 atom stereocenters. The topological polar surface area (TPSA) is 22.1 Å². The molecule has 0 fully saturated rings. The van der Waals surface area contributed by atoms with E-state index >= 15 is 0 Å². The van der Waals surface area contributed by atoms with Crippen LogP contribution >= 0.6 is 11.3 Å². The van der Waals surface area contributed by atoms with Crippen LogP contribution in [0.2, 0.25) is 0 Å². The van der Waals surface area contributed by atoms with Crippen molar-refractivity contribution in [3.63, 3.8) is 0 Å². The Hall–Kier alpha value is -0.410. The van der Waals surface area contributed by atoms with Crippen molar-refractivity contribution in [3.8, 4) is 0 Å². The molecule has 3 heteroatoms. The van der Waals surface area contributed by atoms with E-state index in [-0.39, 0.29) is 0 Å². The minimum atomic E-state index is 0.291. The van der Waals surface area contributed by atoms with Crippen molar-refractivity contribution in [3.05, 3.63) is 16.1 Å². The molecule has 0 aliphatic heterocycles. The summed E-state index contributed by atoms with van der Waals surface area (Å²) >= 11 is 1.69. The maximum atomic E-state index is 5.39. The van der Waals surface area contributed by atoms with Gasteiger partial charge < -0.3 is 4.74 Å². The van der Waals surface area contributed by atoms with Crippen LogP contribution in [0.15, 0.2) is 6.20 Å². The molecule has 0 aromatic carbocycles. The van der Waals surface area contributed by atoms with Gasteiger partial charge in [-0.3, -0.25) is 0 Å². The SMILES string of the molecule is Cc1cnc(COC(C)C)s1. The van der Waals surface area contributed by atoms with E-state index < -0.39 is 0 Å². The van der Waals surface area contributed by atoms with Gasteiger partial charge in [0.25, 0.3) is 0 Å². The predicted octanol–water partition coefficient (Wildman–Crippen LogP) is 2.38. The van der Waals surface area contributed by atoms with Gasteiger partial charge in [-0.1, -0.05) is 0 Å². The summed E-state index contributed by atoms with van der Waals surface area (Å²) < 4.78 is 5.39. The second-order valence-electron chi connectivity index (χ2n) is 2.72. The van der Waals surface area contributed by atoms with Crippen molar-refractivity contribution >= 4 is 11.3 Å². The third-order valence-electron chi connectivity index (χ3n) is 1.21. The molecule has 0 N–H and O–H groups in total. The van der Waals surface area contributed by atoms with Crippen molar-refractivity contribution in [2.24, 2.45) is 0 Å². The van der Waals surface area contributed by atoms with Crippen LogP contribution in [0.1, 0.15) is 23.7 Å². The van der Waals surface area contributed by atoms with E-state index in [0.29, 0.717) is 12.7 Å². The molecule has 0 saturated heterocycles. The van der Waals surface area contributed by atoms with Gasteiger partial charge in [0.1, 0.15) is 5.01 Å². The average molecular weight is 171 g/mol. The number of aromatic nitrogens is 1. The summed E-state index contributed by atoms with van der Waals surface area (Å²) in [5, 5.41) is 1.07. The highest BCUT2D eigenvalue weighted by Crippen LogP contribution is 2.12. The molecule has 0 aliphatic rings. The Morgan fingerprint density at radius 2 is 2.36 bits per heavy atom. The number of hydrogen-bond acceptors (Lipinski definition) is 3. The Balaban J connectivity index is 2.39. The maximum absolute atomic E-state index is 5.39. The molecule has 0 aliphatic carbocycles. The molecule has 1 heterocycles. The number of ether oxygens (including phenoxy) is 1. The Bertz CT molecular complexity index is 220. The molecule has 0 saturated carbocycles. The number of rotatable bonds is 3. The number of nitrogens with zero attached hydrogens (tertiary/aromatic N) is 1. The Labute approximate surface area is 71.2 Å². The third-order valence-corrected chi connectivity index (χ3v) is 2.10. The summed E-state index contributed by atoms with van der Waals surface area (Å²) in [7, 11) is 0. The van der Waals surface area contributed by atoms with Crippen LogP contribution in [0.4, 0.5) is 0 Å². The molecule has 1 rings (SSSR count). The van der Waals surface area contributed by atoms with Crippen LogP contribution in [0.3, 0.4) is 0 Å². The minimum absolute atomic E-state index is 0.291. The van der Waals surface area contributed by atoms with E-state index in [1.165, 1.54) is 4.88 Å². The summed E-state index contributed by atoms with van der Waals surface area (Å²) in [6.07, 6.45) is 2.17. The lowest BCUT2D eigenvalue weighted by Crippen LogP contribution is -2.01.